The van der Waals surface area contributed by atoms with E-state index >= 15 is 0 Å². The summed E-state index contributed by atoms with van der Waals surface area (Å²) >= 11 is 0. The van der Waals surface area contributed by atoms with Gasteiger partial charge in [0.25, 0.3) is 6.29 Å². The first-order valence-electron chi connectivity index (χ1n) is 5.54. The molecule has 0 spiro atoms. The zero-order valence-electron chi connectivity index (χ0n) is 12.1. The Morgan fingerprint density at radius 2 is 1.95 bits per heavy atom. The Hall–Kier alpha value is -1.94. The number of ether oxygens (including phenoxy) is 2. The molecule has 0 aromatic heterocycles. The Bertz CT molecular complexity index is 351. The predicted octanol–water partition coefficient (Wildman–Crippen LogP) is 0.723. The van der Waals surface area contributed by atoms with Gasteiger partial charge in [-0.3, -0.25) is 0 Å². The lowest BCUT2D eigenvalue weighted by molar-refractivity contribution is -0.568. The fourth-order valence-corrected chi connectivity index (χ4v) is 0.832. The fraction of sp³-hybridized carbons (Fsp3) is 0.800. The van der Waals surface area contributed by atoms with Crippen LogP contribution in [-0.2, 0) is 19.1 Å². The van der Waals surface area contributed by atoms with Gasteiger partial charge in [-0.1, -0.05) is 0 Å². The van der Waals surface area contributed by atoms with Gasteiger partial charge in [0.15, 0.2) is 0 Å². The topological polar surface area (TPSA) is 139 Å². The third-order valence-electron chi connectivity index (χ3n) is 1.45. The Morgan fingerprint density at radius 1 is 1.40 bits per heavy atom. The Balaban J connectivity index is 0. The van der Waals surface area contributed by atoms with Crippen LogP contribution >= 0.6 is 0 Å². The number of hydrogen-bond donors (Lipinski definition) is 2. The molecule has 1 atom stereocenters. The van der Waals surface area contributed by atoms with Gasteiger partial charge in [-0.2, -0.15) is 4.70 Å². The van der Waals surface area contributed by atoms with Crippen LogP contribution in [0.1, 0.15) is 27.7 Å². The molecule has 0 amide bonds. The lowest BCUT2D eigenvalue weighted by Gasteiger charge is -2.19. The van der Waals surface area contributed by atoms with Gasteiger partial charge in [-0.15, -0.1) is 4.84 Å². The van der Waals surface area contributed by atoms with Crippen LogP contribution in [-0.4, -0.2) is 52.9 Å². The number of likely N-dealkylation sites (N-methyl/N-ethyl adjacent to an activating group) is 1. The van der Waals surface area contributed by atoms with Crippen molar-refractivity contribution in [1.29, 1.82) is 0 Å². The highest BCUT2D eigenvalue weighted by atomic mass is 16.8. The second-order valence-electron chi connectivity index (χ2n) is 4.67. The third kappa shape index (κ3) is 12.5. The van der Waals surface area contributed by atoms with Crippen LogP contribution < -0.4 is 5.59 Å². The molecular weight excluding hydrogens is 274 g/mol. The van der Waals surface area contributed by atoms with E-state index in [1.807, 2.05) is 0 Å². The largest absolute Gasteiger partial charge is 0.870 e. The molecule has 0 aromatic rings. The van der Waals surface area contributed by atoms with Crippen LogP contribution in [0.15, 0.2) is 5.22 Å². The van der Waals surface area contributed by atoms with Crippen molar-refractivity contribution in [2.24, 2.45) is 5.22 Å². The lowest BCUT2D eigenvalue weighted by atomic mass is 10.2. The first-order chi connectivity index (χ1) is 8.60. The summed E-state index contributed by atoms with van der Waals surface area (Å²) in [7, 11) is 1.43. The van der Waals surface area contributed by atoms with E-state index in [1.165, 1.54) is 14.0 Å². The lowest BCUT2D eigenvalue weighted by Crippen LogP contribution is -2.30. The number of carboxylic acid groups (broad SMARTS) is 1. The fourth-order valence-electron chi connectivity index (χ4n) is 0.832. The van der Waals surface area contributed by atoms with Crippen molar-refractivity contribution in [3.05, 3.63) is 0 Å². The second kappa shape index (κ2) is 9.04. The van der Waals surface area contributed by atoms with E-state index in [0.717, 1.165) is 4.70 Å². The molecule has 0 rings (SSSR count). The number of nitrogens with one attached hydrogen (secondary N) is 1. The summed E-state index contributed by atoms with van der Waals surface area (Å²) in [6, 6.07) is 0. The summed E-state index contributed by atoms with van der Waals surface area (Å²) < 4.78 is 10.7. The molecule has 10 nitrogen and oxygen atoms in total. The molecule has 0 fully saturated rings. The number of aliphatic carboxylic acids is 1. The molecule has 118 valence electrons. The Labute approximate surface area is 116 Å². The van der Waals surface area contributed by atoms with Gasteiger partial charge < -0.3 is 20.1 Å². The first kappa shape index (κ1) is 20.4. The number of carboxylic acids is 1. The molecule has 0 aromatic carbocycles. The molecule has 10 heteroatoms. The Kier molecular flexibility index (Phi) is 9.21. The molecule has 0 aliphatic heterocycles. The summed E-state index contributed by atoms with van der Waals surface area (Å²) in [5.41, 5.74) is 1.46. The summed E-state index contributed by atoms with van der Waals surface area (Å²) in [5.74, 6) is -1.04. The maximum absolute atomic E-state index is 11.2. The van der Waals surface area contributed by atoms with Crippen molar-refractivity contribution in [2.75, 3.05) is 13.6 Å². The van der Waals surface area contributed by atoms with Gasteiger partial charge in [0.1, 0.15) is 10.8 Å². The molecule has 1 unspecified atom stereocenters. The number of hydrogen-bond acceptors (Lipinski definition) is 7. The minimum absolute atomic E-state index is 0. The van der Waals surface area contributed by atoms with Crippen LogP contribution in [0.5, 0.6) is 0 Å². The van der Waals surface area contributed by atoms with E-state index < -0.39 is 24.0 Å². The normalized spacial score (nSPS) is 12.9. The van der Waals surface area contributed by atoms with Gasteiger partial charge in [0.05, 0.1) is 7.05 Å². The molecule has 0 heterocycles. The number of carbonyl (C=O) groups excluding carboxylic acids is 1. The van der Waals surface area contributed by atoms with Gasteiger partial charge in [-0.05, 0) is 26.4 Å². The Morgan fingerprint density at radius 3 is 2.40 bits per heavy atom. The van der Waals surface area contributed by atoms with Crippen LogP contribution in [0.2, 0.25) is 0 Å². The van der Waals surface area contributed by atoms with E-state index in [4.69, 9.17) is 19.4 Å². The molecule has 0 aliphatic rings. The number of carbonyl (C=O) groups is 2. The van der Waals surface area contributed by atoms with Crippen molar-refractivity contribution < 1.29 is 39.2 Å². The average Bonchev–Trinajstić information content (AvgIpc) is 2.12. The number of nitrogens with zero attached hydrogens (tertiary/aromatic N) is 2. The minimum atomic E-state index is -1.04. The zero-order chi connectivity index (χ0) is 15.1. The molecule has 0 radical (unpaired) electrons. The van der Waals surface area contributed by atoms with Gasteiger partial charge >= 0.3 is 12.1 Å². The third-order valence-corrected chi connectivity index (χ3v) is 1.45. The van der Waals surface area contributed by atoms with Gasteiger partial charge in [0.2, 0.25) is 6.54 Å². The molecule has 0 saturated heterocycles. The predicted molar refractivity (Wildman–Crippen MR) is 64.1 cm³/mol. The summed E-state index contributed by atoms with van der Waals surface area (Å²) in [6.45, 7) is 6.26. The van der Waals surface area contributed by atoms with E-state index in [2.05, 4.69) is 10.8 Å². The first-order valence-corrected chi connectivity index (χ1v) is 5.54. The molecular formula is C10H21N3O7. The molecule has 20 heavy (non-hydrogen) atoms. The highest BCUT2D eigenvalue weighted by Crippen LogP contribution is 2.09. The van der Waals surface area contributed by atoms with Crippen molar-refractivity contribution in [2.45, 2.75) is 39.6 Å². The average molecular weight is 295 g/mol. The minimum Gasteiger partial charge on any atom is -0.870 e. The van der Waals surface area contributed by atoms with E-state index in [9.17, 15) is 9.59 Å². The van der Waals surface area contributed by atoms with Crippen molar-refractivity contribution >= 4 is 12.1 Å². The monoisotopic (exact) mass is 295 g/mol. The maximum Gasteiger partial charge on any atom is 0.511 e. The van der Waals surface area contributed by atoms with Crippen molar-refractivity contribution in [3.8, 4) is 0 Å². The smallest absolute Gasteiger partial charge is 0.511 e. The van der Waals surface area contributed by atoms with Crippen LogP contribution in [0.4, 0.5) is 4.79 Å². The zero-order valence-corrected chi connectivity index (χ0v) is 12.1. The van der Waals surface area contributed by atoms with E-state index in [1.54, 1.807) is 20.8 Å². The molecule has 0 bridgehead atoms. The summed E-state index contributed by atoms with van der Waals surface area (Å²) in [4.78, 5) is 26.4. The van der Waals surface area contributed by atoms with E-state index in [0.29, 0.717) is 0 Å². The molecule has 0 aliphatic carbocycles. The highest BCUT2D eigenvalue weighted by molar-refractivity contribution is 5.67. The molecule has 3 N–H and O–H groups in total. The number of rotatable bonds is 6. The van der Waals surface area contributed by atoms with Crippen LogP contribution in [0.3, 0.4) is 0 Å². The van der Waals surface area contributed by atoms with Gasteiger partial charge in [-0.25, -0.2) is 9.59 Å². The standard InChI is InChI=1S/C10H19N3O6.H2O/c1-7(17-9(16)18-10(2,3)4)19-12-11-13(5)6-8(14)15;/h7H,6H2,1-5H3,(H,14,15);1H2. The van der Waals surface area contributed by atoms with Crippen molar-refractivity contribution in [1.82, 2.24) is 5.59 Å². The summed E-state index contributed by atoms with van der Waals surface area (Å²) in [6.07, 6.45) is -1.82. The second-order valence-corrected chi connectivity index (χ2v) is 4.67. The highest BCUT2D eigenvalue weighted by Gasteiger charge is 2.20. The van der Waals surface area contributed by atoms with Gasteiger partial charge in [0, 0.05) is 6.92 Å². The quantitative estimate of drug-likeness (QED) is 0.240. The van der Waals surface area contributed by atoms with Crippen molar-refractivity contribution in [3.63, 3.8) is 0 Å². The van der Waals surface area contributed by atoms with E-state index in [-0.39, 0.29) is 12.0 Å². The SMILES string of the molecule is CC(ONN=[N+](C)CC(=O)O)OC(=O)OC(C)(C)C.[OH-]. The maximum atomic E-state index is 11.2. The molecule has 0 saturated carbocycles. The summed E-state index contributed by atoms with van der Waals surface area (Å²) in [5, 5.41) is 12.0. The van der Waals surface area contributed by atoms with Crippen LogP contribution in [0.25, 0.3) is 0 Å². The van der Waals surface area contributed by atoms with Crippen LogP contribution in [0, 0.1) is 0 Å².